The summed E-state index contributed by atoms with van der Waals surface area (Å²) in [6, 6.07) is 10.3. The van der Waals surface area contributed by atoms with Gasteiger partial charge in [-0.1, -0.05) is 36.4 Å². The summed E-state index contributed by atoms with van der Waals surface area (Å²) in [5.74, 6) is 0.306. The molecule has 3 rings (SSSR count). The molecule has 1 unspecified atom stereocenters. The first-order valence-electron chi connectivity index (χ1n) is 7.73. The minimum absolute atomic E-state index is 0.287. The van der Waals surface area contributed by atoms with E-state index >= 15 is 0 Å². The molecular weight excluding hydrogens is 246 g/mol. The first-order chi connectivity index (χ1) is 9.72. The van der Waals surface area contributed by atoms with E-state index in [0.717, 1.165) is 19.3 Å². The smallest absolute Gasteiger partial charge is 0.140 e. The molecule has 0 bridgehead atoms. The monoisotopic (exact) mass is 269 g/mol. The highest BCUT2D eigenvalue weighted by Gasteiger charge is 2.39. The number of benzene rings is 1. The largest absolute Gasteiger partial charge is 0.375 e. The molecule has 2 heteroatoms. The molecule has 0 radical (unpaired) electrons. The lowest BCUT2D eigenvalue weighted by Gasteiger charge is -2.37. The number of rotatable bonds is 3. The molecule has 0 amide bonds. The highest BCUT2D eigenvalue weighted by Crippen LogP contribution is 2.40. The Bertz CT molecular complexity index is 513. The van der Waals surface area contributed by atoms with Crippen LogP contribution in [-0.2, 0) is 10.2 Å². The molecule has 1 aromatic rings. The van der Waals surface area contributed by atoms with E-state index in [9.17, 15) is 4.79 Å². The molecule has 2 nitrogen and oxygen atoms in total. The molecular formula is C18H23NO. The van der Waals surface area contributed by atoms with Gasteiger partial charge in [0.15, 0.2) is 0 Å². The number of hydrogen-bond acceptors (Lipinski definition) is 2. The van der Waals surface area contributed by atoms with Crippen LogP contribution < -0.4 is 0 Å². The Labute approximate surface area is 121 Å². The maximum absolute atomic E-state index is 12.3. The Hall–Kier alpha value is -1.57. The van der Waals surface area contributed by atoms with Crippen molar-refractivity contribution in [3.63, 3.8) is 0 Å². The summed E-state index contributed by atoms with van der Waals surface area (Å²) in [5.41, 5.74) is 2.37. The second kappa shape index (κ2) is 5.43. The standard InChI is InChI=1S/C18H23NO/c1-15(20)18(16-7-3-2-4-8-16)11-9-17(10-12-18)19-13-5-6-14-19/h2-4,7-9H,5-6,10-14H2,1H3. The van der Waals surface area contributed by atoms with Gasteiger partial charge in [0.1, 0.15) is 5.78 Å². The van der Waals surface area contributed by atoms with E-state index in [1.807, 2.05) is 18.2 Å². The second-order valence-electron chi connectivity index (χ2n) is 6.10. The third kappa shape index (κ3) is 2.28. The molecule has 106 valence electrons. The van der Waals surface area contributed by atoms with Crippen molar-refractivity contribution < 1.29 is 4.79 Å². The first-order valence-corrected chi connectivity index (χ1v) is 7.73. The molecule has 0 aromatic heterocycles. The van der Waals surface area contributed by atoms with E-state index in [2.05, 4.69) is 23.1 Å². The predicted molar refractivity (Wildman–Crippen MR) is 81.5 cm³/mol. The minimum Gasteiger partial charge on any atom is -0.375 e. The Morgan fingerprint density at radius 2 is 1.85 bits per heavy atom. The fraction of sp³-hybridized carbons (Fsp3) is 0.500. The summed E-state index contributed by atoms with van der Waals surface area (Å²) in [5, 5.41) is 0. The van der Waals surface area contributed by atoms with Gasteiger partial charge in [-0.2, -0.15) is 0 Å². The number of carbonyl (C=O) groups is 1. The summed E-state index contributed by atoms with van der Waals surface area (Å²) in [6.45, 7) is 4.15. The molecule has 0 N–H and O–H groups in total. The lowest BCUT2D eigenvalue weighted by atomic mass is 9.68. The Morgan fingerprint density at radius 1 is 1.15 bits per heavy atom. The van der Waals surface area contributed by atoms with Crippen molar-refractivity contribution in [1.82, 2.24) is 4.90 Å². The van der Waals surface area contributed by atoms with Crippen LogP contribution in [0.4, 0.5) is 0 Å². The van der Waals surface area contributed by atoms with Gasteiger partial charge in [0.05, 0.1) is 5.41 Å². The number of nitrogens with zero attached hydrogens (tertiary/aromatic N) is 1. The van der Waals surface area contributed by atoms with E-state index in [1.165, 1.54) is 37.2 Å². The molecule has 1 heterocycles. The van der Waals surface area contributed by atoms with Gasteiger partial charge >= 0.3 is 0 Å². The summed E-state index contributed by atoms with van der Waals surface area (Å²) >= 11 is 0. The van der Waals surface area contributed by atoms with Crippen LogP contribution >= 0.6 is 0 Å². The van der Waals surface area contributed by atoms with E-state index in [0.29, 0.717) is 5.78 Å². The Balaban J connectivity index is 1.86. The van der Waals surface area contributed by atoms with Crippen LogP contribution in [0.5, 0.6) is 0 Å². The Kier molecular flexibility index (Phi) is 3.64. The molecule has 0 spiro atoms. The SMILES string of the molecule is CC(=O)C1(c2ccccc2)CC=C(N2CCCC2)CC1. The van der Waals surface area contributed by atoms with E-state index in [-0.39, 0.29) is 5.41 Å². The van der Waals surface area contributed by atoms with Crippen LogP contribution in [0, 0.1) is 0 Å². The highest BCUT2D eigenvalue weighted by atomic mass is 16.1. The molecule has 1 atom stereocenters. The van der Waals surface area contributed by atoms with Gasteiger partial charge in [0.25, 0.3) is 0 Å². The van der Waals surface area contributed by atoms with Crippen LogP contribution in [-0.4, -0.2) is 23.8 Å². The zero-order chi connectivity index (χ0) is 14.0. The molecule has 1 aromatic carbocycles. The van der Waals surface area contributed by atoms with Crippen molar-refractivity contribution in [2.75, 3.05) is 13.1 Å². The minimum atomic E-state index is -0.287. The van der Waals surface area contributed by atoms with Crippen LogP contribution in [0.2, 0.25) is 0 Å². The van der Waals surface area contributed by atoms with Crippen molar-refractivity contribution in [2.24, 2.45) is 0 Å². The first kappa shape index (κ1) is 13.4. The number of likely N-dealkylation sites (tertiary alicyclic amines) is 1. The number of Topliss-reactive ketones (excluding diaryl/α,β-unsaturated/α-hetero) is 1. The third-order valence-corrected chi connectivity index (χ3v) is 5.01. The lowest BCUT2D eigenvalue weighted by Crippen LogP contribution is -2.37. The number of allylic oxidation sites excluding steroid dienone is 2. The van der Waals surface area contributed by atoms with Gasteiger partial charge < -0.3 is 4.90 Å². The number of hydrogen-bond donors (Lipinski definition) is 0. The maximum atomic E-state index is 12.3. The van der Waals surface area contributed by atoms with Crippen LogP contribution in [0.1, 0.15) is 44.6 Å². The summed E-state index contributed by atoms with van der Waals surface area (Å²) in [7, 11) is 0. The summed E-state index contributed by atoms with van der Waals surface area (Å²) in [4.78, 5) is 14.8. The van der Waals surface area contributed by atoms with Gasteiger partial charge in [0, 0.05) is 18.8 Å². The van der Waals surface area contributed by atoms with E-state index in [1.54, 1.807) is 6.92 Å². The molecule has 0 saturated carbocycles. The average Bonchev–Trinajstić information content (AvgIpc) is 3.02. The zero-order valence-corrected chi connectivity index (χ0v) is 12.3. The van der Waals surface area contributed by atoms with Crippen LogP contribution in [0.15, 0.2) is 42.1 Å². The lowest BCUT2D eigenvalue weighted by molar-refractivity contribution is -0.122. The maximum Gasteiger partial charge on any atom is 0.140 e. The van der Waals surface area contributed by atoms with Crippen molar-refractivity contribution in [3.05, 3.63) is 47.7 Å². The van der Waals surface area contributed by atoms with Crippen LogP contribution in [0.25, 0.3) is 0 Å². The Morgan fingerprint density at radius 3 is 2.40 bits per heavy atom. The predicted octanol–water partition coefficient (Wildman–Crippen LogP) is 3.68. The molecule has 2 aliphatic rings. The quantitative estimate of drug-likeness (QED) is 0.834. The van der Waals surface area contributed by atoms with Crippen molar-refractivity contribution in [2.45, 2.75) is 44.4 Å². The molecule has 20 heavy (non-hydrogen) atoms. The highest BCUT2D eigenvalue weighted by molar-refractivity contribution is 5.88. The van der Waals surface area contributed by atoms with Gasteiger partial charge in [-0.25, -0.2) is 0 Å². The molecule has 1 fully saturated rings. The number of carbonyl (C=O) groups excluding carboxylic acids is 1. The van der Waals surface area contributed by atoms with E-state index in [4.69, 9.17) is 0 Å². The zero-order valence-electron chi connectivity index (χ0n) is 12.3. The number of ketones is 1. The molecule has 1 aliphatic carbocycles. The van der Waals surface area contributed by atoms with Crippen molar-refractivity contribution in [3.8, 4) is 0 Å². The van der Waals surface area contributed by atoms with Gasteiger partial charge in [-0.15, -0.1) is 0 Å². The van der Waals surface area contributed by atoms with Gasteiger partial charge in [-0.3, -0.25) is 4.79 Å². The summed E-state index contributed by atoms with van der Waals surface area (Å²) in [6.07, 6.45) is 7.80. The van der Waals surface area contributed by atoms with Gasteiger partial charge in [0.2, 0.25) is 0 Å². The second-order valence-corrected chi connectivity index (χ2v) is 6.10. The third-order valence-electron chi connectivity index (χ3n) is 5.01. The molecule has 1 aliphatic heterocycles. The van der Waals surface area contributed by atoms with Gasteiger partial charge in [-0.05, 0) is 44.6 Å². The topological polar surface area (TPSA) is 20.3 Å². The summed E-state index contributed by atoms with van der Waals surface area (Å²) < 4.78 is 0. The molecule has 1 saturated heterocycles. The van der Waals surface area contributed by atoms with E-state index < -0.39 is 0 Å². The average molecular weight is 269 g/mol. The van der Waals surface area contributed by atoms with Crippen molar-refractivity contribution in [1.29, 1.82) is 0 Å². The van der Waals surface area contributed by atoms with Crippen molar-refractivity contribution >= 4 is 5.78 Å². The fourth-order valence-electron chi connectivity index (χ4n) is 3.67. The van der Waals surface area contributed by atoms with Crippen LogP contribution in [0.3, 0.4) is 0 Å². The fourth-order valence-corrected chi connectivity index (χ4v) is 3.67. The normalized spacial score (nSPS) is 26.4.